The van der Waals surface area contributed by atoms with Crippen molar-refractivity contribution in [1.29, 1.82) is 0 Å². The quantitative estimate of drug-likeness (QED) is 0.0343. The molecule has 0 N–H and O–H groups in total. The molecule has 6 nitrogen and oxygen atoms in total. The first-order valence-corrected chi connectivity index (χ1v) is 29.8. The molecule has 1 unspecified atom stereocenters. The first-order chi connectivity index (χ1) is 32.3. The van der Waals surface area contributed by atoms with Crippen molar-refractivity contribution in [3.05, 3.63) is 0 Å². The fourth-order valence-corrected chi connectivity index (χ4v) is 9.20. The van der Waals surface area contributed by atoms with E-state index in [0.29, 0.717) is 19.3 Å². The lowest BCUT2D eigenvalue weighted by atomic mass is 9.99. The molecule has 392 valence electrons. The molecule has 0 fully saturated rings. The van der Waals surface area contributed by atoms with Gasteiger partial charge in [-0.1, -0.05) is 298 Å². The van der Waals surface area contributed by atoms with Gasteiger partial charge in [-0.2, -0.15) is 0 Å². The van der Waals surface area contributed by atoms with E-state index < -0.39 is 6.10 Å². The number of esters is 3. The van der Waals surface area contributed by atoms with Crippen LogP contribution in [0.5, 0.6) is 0 Å². The highest BCUT2D eigenvalue weighted by atomic mass is 16.6. The Morgan fingerprint density at radius 3 is 0.864 bits per heavy atom. The van der Waals surface area contributed by atoms with Gasteiger partial charge in [0.2, 0.25) is 0 Å². The monoisotopic (exact) mass is 933 g/mol. The minimum atomic E-state index is -0.762. The third-order valence-electron chi connectivity index (χ3n) is 14.1. The summed E-state index contributed by atoms with van der Waals surface area (Å²) in [5.41, 5.74) is 0. The zero-order chi connectivity index (χ0) is 48.2. The predicted octanol–water partition coefficient (Wildman–Crippen LogP) is 19.7. The summed E-state index contributed by atoms with van der Waals surface area (Å²) >= 11 is 0. The van der Waals surface area contributed by atoms with Gasteiger partial charge in [0.05, 0.1) is 0 Å². The molecule has 0 rings (SSSR count). The number of carbonyl (C=O) groups excluding carboxylic acids is 3. The molecule has 66 heavy (non-hydrogen) atoms. The normalized spacial score (nSPS) is 12.5. The van der Waals surface area contributed by atoms with Crippen LogP contribution in [0.25, 0.3) is 0 Å². The average molecular weight is 934 g/mol. The molecule has 6 heteroatoms. The zero-order valence-electron chi connectivity index (χ0n) is 45.3. The summed E-state index contributed by atoms with van der Waals surface area (Å²) in [6.45, 7) is 11.5. The molecule has 0 aromatic heterocycles. The van der Waals surface area contributed by atoms with Crippen LogP contribution < -0.4 is 0 Å². The van der Waals surface area contributed by atoms with Crippen LogP contribution in [0, 0.1) is 11.8 Å². The van der Waals surface area contributed by atoms with Gasteiger partial charge < -0.3 is 14.2 Å². The van der Waals surface area contributed by atoms with Gasteiger partial charge in [-0.3, -0.25) is 14.4 Å². The number of rotatable bonds is 54. The van der Waals surface area contributed by atoms with Gasteiger partial charge in [-0.15, -0.1) is 0 Å². The topological polar surface area (TPSA) is 78.9 Å². The van der Waals surface area contributed by atoms with E-state index >= 15 is 0 Å². The van der Waals surface area contributed by atoms with Gasteiger partial charge >= 0.3 is 17.9 Å². The second kappa shape index (κ2) is 52.8. The van der Waals surface area contributed by atoms with Crippen LogP contribution >= 0.6 is 0 Å². The highest BCUT2D eigenvalue weighted by Crippen LogP contribution is 2.19. The predicted molar refractivity (Wildman–Crippen MR) is 284 cm³/mol. The maximum absolute atomic E-state index is 12.9. The Hall–Kier alpha value is -1.59. The van der Waals surface area contributed by atoms with Crippen molar-refractivity contribution in [2.24, 2.45) is 11.8 Å². The maximum atomic E-state index is 12.9. The third kappa shape index (κ3) is 51.8. The molecule has 0 radical (unpaired) electrons. The fourth-order valence-electron chi connectivity index (χ4n) is 9.20. The fraction of sp³-hybridized carbons (Fsp3) is 0.950. The standard InChI is InChI=1S/C60H116O6/c1-6-8-9-10-11-12-13-25-30-35-40-45-50-58(61)64-53-57(66-60(63)52-47-42-37-32-27-22-18-17-20-24-29-34-39-44-49-56(5)7-2)54-65-59(62)51-46-41-36-31-26-21-16-14-15-19-23-28-33-38-43-48-55(3)4/h55-57H,6-54H2,1-5H3/t56?,57-/m1/s1. The lowest BCUT2D eigenvalue weighted by Gasteiger charge is -2.18. The minimum absolute atomic E-state index is 0.0624. The van der Waals surface area contributed by atoms with Gasteiger partial charge in [-0.25, -0.2) is 0 Å². The number of hydrogen-bond donors (Lipinski definition) is 0. The van der Waals surface area contributed by atoms with E-state index in [1.165, 1.54) is 225 Å². The van der Waals surface area contributed by atoms with Crippen molar-refractivity contribution in [1.82, 2.24) is 0 Å². The number of unbranched alkanes of at least 4 members (excludes halogenated alkanes) is 38. The highest BCUT2D eigenvalue weighted by Gasteiger charge is 2.19. The number of hydrogen-bond acceptors (Lipinski definition) is 6. The van der Waals surface area contributed by atoms with Crippen LogP contribution in [-0.4, -0.2) is 37.2 Å². The zero-order valence-corrected chi connectivity index (χ0v) is 45.3. The Balaban J connectivity index is 4.27. The van der Waals surface area contributed by atoms with Crippen molar-refractivity contribution in [2.45, 2.75) is 343 Å². The van der Waals surface area contributed by atoms with E-state index in [0.717, 1.165) is 69.6 Å². The van der Waals surface area contributed by atoms with Gasteiger partial charge in [0.15, 0.2) is 6.10 Å². The van der Waals surface area contributed by atoms with Crippen molar-refractivity contribution in [3.8, 4) is 0 Å². The molecule has 0 saturated heterocycles. The van der Waals surface area contributed by atoms with E-state index in [2.05, 4.69) is 34.6 Å². The SMILES string of the molecule is CCCCCCCCCCCCCCC(=O)OC[C@H](COC(=O)CCCCCCCCCCCCCCCCCC(C)C)OC(=O)CCCCCCCCCCCCCCCCC(C)CC. The molecule has 0 amide bonds. The summed E-state index contributed by atoms with van der Waals surface area (Å²) in [7, 11) is 0. The van der Waals surface area contributed by atoms with E-state index in [-0.39, 0.29) is 31.1 Å². The lowest BCUT2D eigenvalue weighted by molar-refractivity contribution is -0.167. The van der Waals surface area contributed by atoms with Crippen LogP contribution in [0.15, 0.2) is 0 Å². The van der Waals surface area contributed by atoms with Crippen LogP contribution in [0.3, 0.4) is 0 Å². The first kappa shape index (κ1) is 64.4. The van der Waals surface area contributed by atoms with Crippen molar-refractivity contribution in [2.75, 3.05) is 13.2 Å². The molecular weight excluding hydrogens is 817 g/mol. The molecule has 0 aromatic rings. The molecule has 0 aliphatic carbocycles. The van der Waals surface area contributed by atoms with Crippen molar-refractivity contribution < 1.29 is 28.6 Å². The largest absolute Gasteiger partial charge is 0.462 e. The van der Waals surface area contributed by atoms with Crippen LogP contribution in [-0.2, 0) is 28.6 Å². The van der Waals surface area contributed by atoms with Gasteiger partial charge in [0.25, 0.3) is 0 Å². The van der Waals surface area contributed by atoms with Crippen LogP contribution in [0.4, 0.5) is 0 Å². The van der Waals surface area contributed by atoms with E-state index in [1.807, 2.05) is 0 Å². The Bertz CT molecular complexity index is 1010. The van der Waals surface area contributed by atoms with E-state index in [9.17, 15) is 14.4 Å². The van der Waals surface area contributed by atoms with E-state index in [1.54, 1.807) is 0 Å². The Morgan fingerprint density at radius 1 is 0.318 bits per heavy atom. The summed E-state index contributed by atoms with van der Waals surface area (Å²) in [5, 5.41) is 0. The second-order valence-electron chi connectivity index (χ2n) is 21.4. The average Bonchev–Trinajstić information content (AvgIpc) is 3.30. The molecule has 0 aliphatic rings. The van der Waals surface area contributed by atoms with Crippen molar-refractivity contribution in [3.63, 3.8) is 0 Å². The third-order valence-corrected chi connectivity index (χ3v) is 14.1. The minimum Gasteiger partial charge on any atom is -0.462 e. The second-order valence-corrected chi connectivity index (χ2v) is 21.4. The summed E-state index contributed by atoms with van der Waals surface area (Å²) in [6.07, 6.45) is 56.6. The summed E-state index contributed by atoms with van der Waals surface area (Å²) in [5.74, 6) is 0.907. The molecule has 0 saturated carbocycles. The number of carbonyl (C=O) groups is 3. The lowest BCUT2D eigenvalue weighted by Crippen LogP contribution is -2.30. The molecule has 0 spiro atoms. The van der Waals surface area contributed by atoms with Gasteiger partial charge in [-0.05, 0) is 31.1 Å². The Morgan fingerprint density at radius 2 is 0.576 bits per heavy atom. The van der Waals surface area contributed by atoms with Crippen LogP contribution in [0.1, 0.15) is 336 Å². The van der Waals surface area contributed by atoms with Crippen molar-refractivity contribution >= 4 is 17.9 Å². The Kier molecular flexibility index (Phi) is 51.5. The Labute approximate surface area is 412 Å². The number of ether oxygens (including phenoxy) is 3. The smallest absolute Gasteiger partial charge is 0.306 e. The first-order valence-electron chi connectivity index (χ1n) is 29.8. The molecule has 0 heterocycles. The summed E-state index contributed by atoms with van der Waals surface area (Å²) < 4.78 is 16.9. The molecule has 0 bridgehead atoms. The van der Waals surface area contributed by atoms with Gasteiger partial charge in [0.1, 0.15) is 13.2 Å². The molecule has 2 atom stereocenters. The van der Waals surface area contributed by atoms with Crippen LogP contribution in [0.2, 0.25) is 0 Å². The summed E-state index contributed by atoms with van der Waals surface area (Å²) in [6, 6.07) is 0. The molecular formula is C60H116O6. The molecule has 0 aliphatic heterocycles. The summed E-state index contributed by atoms with van der Waals surface area (Å²) in [4.78, 5) is 38.2. The maximum Gasteiger partial charge on any atom is 0.306 e. The van der Waals surface area contributed by atoms with Gasteiger partial charge in [0, 0.05) is 19.3 Å². The van der Waals surface area contributed by atoms with E-state index in [4.69, 9.17) is 14.2 Å². The highest BCUT2D eigenvalue weighted by molar-refractivity contribution is 5.71. The molecule has 0 aromatic carbocycles.